The fourth-order valence-corrected chi connectivity index (χ4v) is 20.9. The van der Waals surface area contributed by atoms with E-state index in [4.69, 9.17) is 49.0 Å². The second kappa shape index (κ2) is 48.9. The van der Waals surface area contributed by atoms with E-state index in [0.717, 1.165) is 313 Å². The molecule has 0 N–H and O–H groups in total. The number of piperazine rings is 1. The third kappa shape index (κ3) is 25.8. The van der Waals surface area contributed by atoms with Gasteiger partial charge >= 0.3 is 0 Å². The zero-order valence-electron chi connectivity index (χ0n) is 80.5. The number of Topliss-reactive ketones (excluding diaryl/α,β-unsaturated/α-hetero) is 4. The molecule has 0 spiro atoms. The molecule has 0 bridgehead atoms. The van der Waals surface area contributed by atoms with Gasteiger partial charge < -0.3 is 52.1 Å². The molecule has 22 heteroatoms. The number of aryl methyl sites for hydroxylation is 6. The summed E-state index contributed by atoms with van der Waals surface area (Å²) < 4.78 is 25.8. The molecule has 708 valence electrons. The van der Waals surface area contributed by atoms with Crippen LogP contribution in [-0.4, -0.2) is 228 Å². The maximum absolute atomic E-state index is 13.3. The van der Waals surface area contributed by atoms with E-state index in [9.17, 15) is 19.2 Å². The number of fused-ring (bicyclic) bond motifs is 4. The number of ketones is 4. The standard InChI is InChI=1S/C32H36ClN3O2.C27H34ClN3O2.C27H34ClN3O.C26H33N3O2/c1-38-31-15-7-13-27-28(30(37)22-25-10-3-2-4-11-25)24-36(32(27)31)19-9-17-34-16-8-18-35(21-20-34)23-26-12-5-6-14-29(26)33;1-20(17-31-19-24(21(2)32)23-9-6-11-26(33-3)27(23)31)16-29-12-7-13-30(15-14-29)18-22-8-4-5-10-25(22)28;1-3-22-10-6-11-24-25(21(2)32)20-31(27(22)24)16-8-14-29-13-7-15-30(18-17-29)19-23-9-4-5-12-26(23)28;1-19-8-5-9-20(2)25(19)28-16-14-27(15-17-28)12-7-13-29-18-23(21(3)30)22-10-6-11-24(31-4)26(22)29/h2-7,10-15,24H,8-9,16-23H2,1H3;4-6,8-11,19-20H,7,12-18H2,1-3H3;4-6,9-12,20H,3,7-8,13-19H2,1-2H3;5-6,8-11,18H,7,12-17H2,1-4H3. The SMILES string of the molecule is CCc1cccc2c(C(C)=O)cn(CCCN3CCCN(Cc4ccccc4Cl)CC3)c12.COc1cccc2c(C(=O)Cc3ccccc3)cn(CCCN3CCCN(Cc4ccccc4Cl)CC3)c12.COc1cccc2c(C(C)=O)cn(CC(C)CN3CCCN(Cc4ccccc4Cl)CC3)c12.COc1cccc2c(C(C)=O)cn(CCCN3CCN(c4c(C)cccc4C)CC3)c12. The maximum Gasteiger partial charge on any atom is 0.169 e. The molecule has 4 saturated heterocycles. The topological polar surface area (TPSA) is 142 Å². The summed E-state index contributed by atoms with van der Waals surface area (Å²) in [5.74, 6) is 3.37. The molecule has 4 fully saturated rings. The zero-order chi connectivity index (χ0) is 94.2. The van der Waals surface area contributed by atoms with Crippen molar-refractivity contribution in [3.8, 4) is 17.2 Å². The van der Waals surface area contributed by atoms with Crippen LogP contribution < -0.4 is 19.1 Å². The number of hydrogen-bond acceptors (Lipinski definition) is 15. The molecule has 4 aliphatic rings. The number of nitrogens with zero attached hydrogens (tertiary/aromatic N) is 12. The molecule has 9 aromatic carbocycles. The molecule has 0 amide bonds. The highest BCUT2D eigenvalue weighted by Gasteiger charge is 2.27. The van der Waals surface area contributed by atoms with E-state index in [0.29, 0.717) is 12.3 Å². The summed E-state index contributed by atoms with van der Waals surface area (Å²) >= 11 is 19.1. The van der Waals surface area contributed by atoms with Gasteiger partial charge in [-0.3, -0.25) is 38.8 Å². The normalized spacial score (nSPS) is 15.6. The van der Waals surface area contributed by atoms with Gasteiger partial charge in [0.2, 0.25) is 0 Å². The van der Waals surface area contributed by atoms with Gasteiger partial charge in [-0.2, -0.15) is 0 Å². The van der Waals surface area contributed by atoms with E-state index in [1.807, 2.05) is 140 Å². The van der Waals surface area contributed by atoms with Gasteiger partial charge in [-0.05, 0) is 220 Å². The van der Waals surface area contributed by atoms with Gasteiger partial charge in [0.1, 0.15) is 17.2 Å². The first-order valence-corrected chi connectivity index (χ1v) is 49.5. The average Bonchev–Trinajstić information content (AvgIpc) is 1.64. The number of rotatable bonds is 33. The Kier molecular flexibility index (Phi) is 36.3. The molecule has 17 rings (SSSR count). The summed E-state index contributed by atoms with van der Waals surface area (Å²) in [6.45, 7) is 41.6. The highest BCUT2D eigenvalue weighted by Crippen LogP contribution is 2.37. The van der Waals surface area contributed by atoms with Crippen molar-refractivity contribution < 1.29 is 33.4 Å². The van der Waals surface area contributed by atoms with E-state index in [1.54, 1.807) is 42.1 Å². The van der Waals surface area contributed by atoms with Crippen LogP contribution in [-0.2, 0) is 58.7 Å². The lowest BCUT2D eigenvalue weighted by Gasteiger charge is -2.37. The number of anilines is 1. The summed E-state index contributed by atoms with van der Waals surface area (Å²) in [6.07, 6.45) is 16.1. The van der Waals surface area contributed by atoms with Crippen molar-refractivity contribution in [3.63, 3.8) is 0 Å². The number of ether oxygens (including phenoxy) is 3. The van der Waals surface area contributed by atoms with Crippen LogP contribution in [0.1, 0.15) is 154 Å². The van der Waals surface area contributed by atoms with Crippen molar-refractivity contribution >= 4 is 107 Å². The minimum absolute atomic E-state index is 0.0887. The number of benzene rings is 9. The Bertz CT molecular complexity index is 6070. The Balaban J connectivity index is 0.000000144. The van der Waals surface area contributed by atoms with E-state index in [1.165, 1.54) is 51.0 Å². The van der Waals surface area contributed by atoms with Crippen LogP contribution in [0.25, 0.3) is 43.6 Å². The fourth-order valence-electron chi connectivity index (χ4n) is 20.3. The number of methoxy groups -OCH3 is 3. The van der Waals surface area contributed by atoms with Gasteiger partial charge in [-0.25, -0.2) is 0 Å². The Labute approximate surface area is 809 Å². The Morgan fingerprint density at radius 2 is 0.664 bits per heavy atom. The van der Waals surface area contributed by atoms with E-state index < -0.39 is 0 Å². The molecular formula is C112H137Cl3N12O7. The lowest BCUT2D eigenvalue weighted by molar-refractivity contribution is 0.0989. The minimum atomic E-state index is 0.0887. The second-order valence-corrected chi connectivity index (χ2v) is 38.0. The molecule has 1 atom stereocenters. The van der Waals surface area contributed by atoms with Gasteiger partial charge in [0.25, 0.3) is 0 Å². The van der Waals surface area contributed by atoms with Crippen LogP contribution in [0.4, 0.5) is 5.69 Å². The fraction of sp³-hybridized carbons (Fsp3) is 0.411. The average molecular weight is 1870 g/mol. The third-order valence-electron chi connectivity index (χ3n) is 27.2. The van der Waals surface area contributed by atoms with Crippen molar-refractivity contribution in [1.29, 1.82) is 0 Å². The van der Waals surface area contributed by atoms with Crippen LogP contribution in [0, 0.1) is 19.8 Å². The number of hydrogen-bond donors (Lipinski definition) is 0. The number of carbonyl (C=O) groups excluding carboxylic acids is 4. The smallest absolute Gasteiger partial charge is 0.169 e. The first-order valence-electron chi connectivity index (χ1n) is 48.4. The van der Waals surface area contributed by atoms with Crippen molar-refractivity contribution in [2.45, 2.75) is 146 Å². The van der Waals surface area contributed by atoms with Gasteiger partial charge in [-0.15, -0.1) is 0 Å². The zero-order valence-corrected chi connectivity index (χ0v) is 82.7. The van der Waals surface area contributed by atoms with Crippen molar-refractivity contribution in [3.05, 3.63) is 295 Å². The van der Waals surface area contributed by atoms with Crippen LogP contribution in [0.15, 0.2) is 219 Å². The molecule has 134 heavy (non-hydrogen) atoms. The van der Waals surface area contributed by atoms with Crippen molar-refractivity contribution in [1.82, 2.24) is 52.6 Å². The van der Waals surface area contributed by atoms with Crippen LogP contribution >= 0.6 is 34.8 Å². The van der Waals surface area contributed by atoms with Crippen LogP contribution in [0.3, 0.4) is 0 Å². The molecule has 0 aliphatic carbocycles. The van der Waals surface area contributed by atoms with Crippen molar-refractivity contribution in [2.75, 3.05) is 157 Å². The van der Waals surface area contributed by atoms with Gasteiger partial charge in [0, 0.05) is 214 Å². The Hall–Kier alpha value is -10.4. The number of aromatic nitrogens is 4. The van der Waals surface area contributed by atoms with Crippen LogP contribution in [0.2, 0.25) is 15.1 Å². The van der Waals surface area contributed by atoms with Gasteiger partial charge in [-0.1, -0.05) is 206 Å². The van der Waals surface area contributed by atoms with E-state index >= 15 is 0 Å². The lowest BCUT2D eigenvalue weighted by Crippen LogP contribution is -2.47. The first kappa shape index (κ1) is 99.6. The molecular weight excluding hydrogens is 1730 g/mol. The van der Waals surface area contributed by atoms with Gasteiger partial charge in [0.15, 0.2) is 23.1 Å². The van der Waals surface area contributed by atoms with E-state index in [-0.39, 0.29) is 23.1 Å². The summed E-state index contributed by atoms with van der Waals surface area (Å²) in [5.41, 5.74) is 17.6. The minimum Gasteiger partial charge on any atom is -0.495 e. The lowest BCUT2D eigenvalue weighted by atomic mass is 10.0. The predicted octanol–water partition coefficient (Wildman–Crippen LogP) is 22.0. The molecule has 0 radical (unpaired) electrons. The van der Waals surface area contributed by atoms with Crippen molar-refractivity contribution in [2.24, 2.45) is 5.92 Å². The summed E-state index contributed by atoms with van der Waals surface area (Å²) in [6, 6.07) is 65.2. The third-order valence-corrected chi connectivity index (χ3v) is 28.3. The highest BCUT2D eigenvalue weighted by atomic mass is 35.5. The molecule has 8 heterocycles. The monoisotopic (exact) mass is 1870 g/mol. The summed E-state index contributed by atoms with van der Waals surface area (Å²) in [5, 5.41) is 6.59. The maximum atomic E-state index is 13.3. The quantitative estimate of drug-likeness (QED) is 0.0360. The Morgan fingerprint density at radius 3 is 1.09 bits per heavy atom. The summed E-state index contributed by atoms with van der Waals surface area (Å²) in [4.78, 5) is 70.2. The molecule has 1 unspecified atom stereocenters. The molecule has 4 aromatic heterocycles. The summed E-state index contributed by atoms with van der Waals surface area (Å²) in [7, 11) is 5.08. The highest BCUT2D eigenvalue weighted by molar-refractivity contribution is 6.32. The largest absolute Gasteiger partial charge is 0.495 e. The predicted molar refractivity (Wildman–Crippen MR) is 552 cm³/mol. The van der Waals surface area contributed by atoms with Crippen LogP contribution in [0.5, 0.6) is 17.2 Å². The molecule has 4 aliphatic heterocycles. The number of halogens is 3. The number of para-hydroxylation sites is 5. The molecule has 13 aromatic rings. The Morgan fingerprint density at radius 1 is 0.336 bits per heavy atom. The number of carbonyl (C=O) groups is 4. The second-order valence-electron chi connectivity index (χ2n) is 36.8. The molecule has 19 nitrogen and oxygen atoms in total. The molecule has 0 saturated carbocycles. The van der Waals surface area contributed by atoms with E-state index in [2.05, 4.69) is 164 Å². The van der Waals surface area contributed by atoms with Gasteiger partial charge in [0.05, 0.1) is 43.4 Å². The first-order chi connectivity index (χ1) is 65.1.